The van der Waals surface area contributed by atoms with Gasteiger partial charge in [-0.3, -0.25) is 9.59 Å². The van der Waals surface area contributed by atoms with Crippen LogP contribution in [0.5, 0.6) is 11.5 Å². The number of carbonyl (C=O) groups is 1. The van der Waals surface area contributed by atoms with E-state index in [0.717, 1.165) is 0 Å². The van der Waals surface area contributed by atoms with Crippen molar-refractivity contribution in [2.45, 2.75) is 6.92 Å². The predicted octanol–water partition coefficient (Wildman–Crippen LogP) is 3.13. The molecule has 1 N–H and O–H groups in total. The maximum Gasteiger partial charge on any atom is 0.308 e. The first-order valence-corrected chi connectivity index (χ1v) is 7.08. The topological polar surface area (TPSA) is 68.4 Å². The standard InChI is InChI=1S/C18H15NO4/c1-11(20)23-17-13-9-6-10-14(22-2)16(13)19-18(21)15(17)12-7-4-3-5-8-12/h3-10H,1-2H3,(H,19,21). The fourth-order valence-corrected chi connectivity index (χ4v) is 2.55. The van der Waals surface area contributed by atoms with Crippen LogP contribution in [0, 0.1) is 0 Å². The number of esters is 1. The van der Waals surface area contributed by atoms with Crippen molar-refractivity contribution in [3.8, 4) is 22.6 Å². The highest BCUT2D eigenvalue weighted by atomic mass is 16.5. The molecule has 0 radical (unpaired) electrons. The molecule has 0 amide bonds. The molecule has 2 aromatic carbocycles. The average molecular weight is 309 g/mol. The predicted molar refractivity (Wildman–Crippen MR) is 87.9 cm³/mol. The minimum Gasteiger partial charge on any atom is -0.495 e. The number of para-hydroxylation sites is 1. The second-order valence-electron chi connectivity index (χ2n) is 5.00. The average Bonchev–Trinajstić information content (AvgIpc) is 2.54. The third kappa shape index (κ3) is 2.68. The van der Waals surface area contributed by atoms with Crippen molar-refractivity contribution in [3.63, 3.8) is 0 Å². The van der Waals surface area contributed by atoms with E-state index < -0.39 is 5.97 Å². The summed E-state index contributed by atoms with van der Waals surface area (Å²) >= 11 is 0. The molecule has 0 spiro atoms. The van der Waals surface area contributed by atoms with E-state index in [4.69, 9.17) is 9.47 Å². The van der Waals surface area contributed by atoms with Crippen molar-refractivity contribution in [3.05, 3.63) is 58.9 Å². The second kappa shape index (κ2) is 5.96. The first-order valence-electron chi connectivity index (χ1n) is 7.08. The van der Waals surface area contributed by atoms with Gasteiger partial charge in [-0.05, 0) is 17.7 Å². The summed E-state index contributed by atoms with van der Waals surface area (Å²) in [4.78, 5) is 27.0. The van der Waals surface area contributed by atoms with E-state index in [2.05, 4.69) is 4.98 Å². The molecule has 0 fully saturated rings. The number of fused-ring (bicyclic) bond motifs is 1. The maximum absolute atomic E-state index is 12.6. The highest BCUT2D eigenvalue weighted by Crippen LogP contribution is 2.36. The van der Waals surface area contributed by atoms with Gasteiger partial charge >= 0.3 is 5.97 Å². The summed E-state index contributed by atoms with van der Waals surface area (Å²) in [6.45, 7) is 1.31. The zero-order valence-corrected chi connectivity index (χ0v) is 12.8. The van der Waals surface area contributed by atoms with E-state index in [1.54, 1.807) is 30.3 Å². The zero-order chi connectivity index (χ0) is 16.4. The van der Waals surface area contributed by atoms with Gasteiger partial charge in [0.15, 0.2) is 5.75 Å². The van der Waals surface area contributed by atoms with Gasteiger partial charge in [-0.2, -0.15) is 0 Å². The summed E-state index contributed by atoms with van der Waals surface area (Å²) in [6, 6.07) is 14.4. The van der Waals surface area contributed by atoms with Crippen LogP contribution in [0.15, 0.2) is 53.3 Å². The number of carbonyl (C=O) groups excluding carboxylic acids is 1. The summed E-state index contributed by atoms with van der Waals surface area (Å²) in [7, 11) is 1.52. The van der Waals surface area contributed by atoms with Crippen LogP contribution >= 0.6 is 0 Å². The fourth-order valence-electron chi connectivity index (χ4n) is 2.55. The Morgan fingerprint density at radius 3 is 2.43 bits per heavy atom. The van der Waals surface area contributed by atoms with Crippen molar-refractivity contribution in [2.75, 3.05) is 7.11 Å². The normalized spacial score (nSPS) is 10.5. The van der Waals surface area contributed by atoms with Gasteiger partial charge in [0.25, 0.3) is 5.56 Å². The number of aromatic amines is 1. The van der Waals surface area contributed by atoms with Crippen molar-refractivity contribution in [1.82, 2.24) is 4.98 Å². The number of ether oxygens (including phenoxy) is 2. The van der Waals surface area contributed by atoms with Crippen molar-refractivity contribution < 1.29 is 14.3 Å². The molecule has 0 saturated carbocycles. The van der Waals surface area contributed by atoms with E-state index in [-0.39, 0.29) is 11.3 Å². The number of nitrogens with one attached hydrogen (secondary N) is 1. The van der Waals surface area contributed by atoms with Crippen LogP contribution in [0.1, 0.15) is 6.92 Å². The van der Waals surface area contributed by atoms with Crippen molar-refractivity contribution in [1.29, 1.82) is 0 Å². The first-order chi connectivity index (χ1) is 11.1. The minimum absolute atomic E-state index is 0.237. The van der Waals surface area contributed by atoms with E-state index in [1.807, 2.05) is 18.2 Å². The number of methoxy groups -OCH3 is 1. The Morgan fingerprint density at radius 1 is 1.04 bits per heavy atom. The molecule has 116 valence electrons. The summed E-state index contributed by atoms with van der Waals surface area (Å²) in [6.07, 6.45) is 0. The maximum atomic E-state index is 12.6. The third-order valence-corrected chi connectivity index (χ3v) is 3.49. The summed E-state index contributed by atoms with van der Waals surface area (Å²) in [5.74, 6) is 0.255. The molecule has 0 bridgehead atoms. The lowest BCUT2D eigenvalue weighted by Gasteiger charge is -2.13. The van der Waals surface area contributed by atoms with Gasteiger partial charge in [0.2, 0.25) is 0 Å². The third-order valence-electron chi connectivity index (χ3n) is 3.49. The van der Waals surface area contributed by atoms with Crippen LogP contribution in [-0.4, -0.2) is 18.1 Å². The number of hydrogen-bond acceptors (Lipinski definition) is 4. The molecule has 5 nitrogen and oxygen atoms in total. The molecule has 5 heteroatoms. The Labute approximate surface area is 132 Å². The lowest BCUT2D eigenvalue weighted by atomic mass is 10.0. The minimum atomic E-state index is -0.489. The number of H-pyrrole nitrogens is 1. The number of aromatic nitrogens is 1. The molecular weight excluding hydrogens is 294 g/mol. The molecule has 3 rings (SSSR count). The second-order valence-corrected chi connectivity index (χ2v) is 5.00. The van der Waals surface area contributed by atoms with Gasteiger partial charge in [-0.25, -0.2) is 0 Å². The Hall–Kier alpha value is -3.08. The molecule has 0 unspecified atom stereocenters. The van der Waals surface area contributed by atoms with E-state index in [9.17, 15) is 9.59 Å². The number of hydrogen-bond donors (Lipinski definition) is 1. The lowest BCUT2D eigenvalue weighted by molar-refractivity contribution is -0.131. The van der Waals surface area contributed by atoms with Crippen LogP contribution in [0.3, 0.4) is 0 Å². The lowest BCUT2D eigenvalue weighted by Crippen LogP contribution is -2.14. The Kier molecular flexibility index (Phi) is 3.85. The molecule has 23 heavy (non-hydrogen) atoms. The molecular formula is C18H15NO4. The van der Waals surface area contributed by atoms with Gasteiger partial charge < -0.3 is 14.5 Å². The monoisotopic (exact) mass is 309 g/mol. The van der Waals surface area contributed by atoms with Gasteiger partial charge in [0.1, 0.15) is 5.75 Å². The highest BCUT2D eigenvalue weighted by Gasteiger charge is 2.19. The number of pyridine rings is 1. The smallest absolute Gasteiger partial charge is 0.308 e. The van der Waals surface area contributed by atoms with Gasteiger partial charge in [-0.1, -0.05) is 36.4 Å². The Bertz CT molecular complexity index is 929. The van der Waals surface area contributed by atoms with Crippen LogP contribution < -0.4 is 15.0 Å². The van der Waals surface area contributed by atoms with Gasteiger partial charge in [0.05, 0.1) is 18.2 Å². The summed E-state index contributed by atoms with van der Waals surface area (Å²) in [5.41, 5.74) is 1.15. The molecule has 0 aliphatic rings. The first kappa shape index (κ1) is 14.8. The Balaban J connectivity index is 2.42. The molecule has 1 aromatic heterocycles. The Morgan fingerprint density at radius 2 is 1.78 bits per heavy atom. The van der Waals surface area contributed by atoms with Crippen LogP contribution in [0.2, 0.25) is 0 Å². The fraction of sp³-hybridized carbons (Fsp3) is 0.111. The molecule has 0 saturated heterocycles. The summed E-state index contributed by atoms with van der Waals surface area (Å²) in [5, 5.41) is 0.609. The van der Waals surface area contributed by atoms with E-state index in [1.165, 1.54) is 14.0 Å². The molecule has 0 atom stereocenters. The molecule has 0 aliphatic carbocycles. The highest BCUT2D eigenvalue weighted by molar-refractivity contribution is 5.96. The zero-order valence-electron chi connectivity index (χ0n) is 12.8. The van der Waals surface area contributed by atoms with Crippen LogP contribution in [0.4, 0.5) is 0 Å². The SMILES string of the molecule is COc1cccc2c(OC(C)=O)c(-c3ccccc3)c(=O)[nH]c12. The summed E-state index contributed by atoms with van der Waals surface area (Å²) < 4.78 is 10.7. The van der Waals surface area contributed by atoms with E-state index >= 15 is 0 Å². The largest absolute Gasteiger partial charge is 0.495 e. The van der Waals surface area contributed by atoms with Crippen LogP contribution in [0.25, 0.3) is 22.0 Å². The van der Waals surface area contributed by atoms with Crippen molar-refractivity contribution in [2.24, 2.45) is 0 Å². The van der Waals surface area contributed by atoms with E-state index in [0.29, 0.717) is 27.8 Å². The number of benzene rings is 2. The molecule has 1 heterocycles. The van der Waals surface area contributed by atoms with Crippen LogP contribution in [-0.2, 0) is 4.79 Å². The van der Waals surface area contributed by atoms with Crippen molar-refractivity contribution >= 4 is 16.9 Å². The number of rotatable bonds is 3. The molecule has 3 aromatic rings. The van der Waals surface area contributed by atoms with Gasteiger partial charge in [0, 0.05) is 12.3 Å². The van der Waals surface area contributed by atoms with Gasteiger partial charge in [-0.15, -0.1) is 0 Å². The molecule has 0 aliphatic heterocycles. The quantitative estimate of drug-likeness (QED) is 0.755.